The smallest absolute Gasteiger partial charge is 0.137 e. The molecule has 4 heteroatoms. The first-order chi connectivity index (χ1) is 4.61. The lowest BCUT2D eigenvalue weighted by atomic mass is 10.3. The third-order valence-corrected chi connectivity index (χ3v) is 2.99. The second kappa shape index (κ2) is 3.36. The van der Waals surface area contributed by atoms with Crippen LogP contribution in [0.1, 0.15) is 0 Å². The molecule has 1 aromatic carbocycles. The van der Waals surface area contributed by atoms with Gasteiger partial charge < -0.3 is 0 Å². The summed E-state index contributed by atoms with van der Waals surface area (Å²) in [5.74, 6) is -0.253. The van der Waals surface area contributed by atoms with Gasteiger partial charge in [0.1, 0.15) is 5.82 Å². The highest BCUT2D eigenvalue weighted by Crippen LogP contribution is 2.26. The quantitative estimate of drug-likeness (QED) is 0.499. The molecule has 0 aliphatic heterocycles. The first-order valence-electron chi connectivity index (χ1n) is 2.41. The van der Waals surface area contributed by atoms with Gasteiger partial charge in [-0.05, 0) is 50.7 Å². The summed E-state index contributed by atoms with van der Waals surface area (Å²) in [5.41, 5.74) is 0. The molecule has 0 aromatic heterocycles. The van der Waals surface area contributed by atoms with Crippen molar-refractivity contribution in [2.75, 3.05) is 0 Å². The Hall–Kier alpha value is 0.650. The van der Waals surface area contributed by atoms with Crippen molar-refractivity contribution in [3.8, 4) is 0 Å². The van der Waals surface area contributed by atoms with Crippen molar-refractivity contribution in [1.82, 2.24) is 0 Å². The fourth-order valence-corrected chi connectivity index (χ4v) is 1.63. The van der Waals surface area contributed by atoms with Crippen LogP contribution in [-0.4, -0.2) is 0 Å². The normalized spacial score (nSPS) is 10.0. The Morgan fingerprint density at radius 3 is 2.60 bits per heavy atom. The van der Waals surface area contributed by atoms with E-state index in [1.807, 2.05) is 22.6 Å². The second-order valence-electron chi connectivity index (χ2n) is 1.68. The summed E-state index contributed by atoms with van der Waals surface area (Å²) in [5, 5.41) is 0.533. The number of benzene rings is 1. The van der Waals surface area contributed by atoms with Crippen molar-refractivity contribution in [1.29, 1.82) is 0 Å². The summed E-state index contributed by atoms with van der Waals surface area (Å²) in [6, 6.07) is 2.92. The van der Waals surface area contributed by atoms with Crippen LogP contribution in [-0.2, 0) is 0 Å². The van der Waals surface area contributed by atoms with E-state index in [0.717, 1.165) is 0 Å². The van der Waals surface area contributed by atoms with E-state index in [9.17, 15) is 4.39 Å². The van der Waals surface area contributed by atoms with Crippen molar-refractivity contribution in [3.63, 3.8) is 0 Å². The Kier molecular flexibility index (Phi) is 2.94. The third-order valence-electron chi connectivity index (χ3n) is 0.963. The Morgan fingerprint density at radius 2 is 2.10 bits per heavy atom. The van der Waals surface area contributed by atoms with E-state index < -0.39 is 0 Å². The molecular formula is C6H2BrClFI. The molecular weight excluding hydrogens is 333 g/mol. The third kappa shape index (κ3) is 1.83. The molecule has 0 unspecified atom stereocenters. The van der Waals surface area contributed by atoms with Gasteiger partial charge in [-0.3, -0.25) is 0 Å². The van der Waals surface area contributed by atoms with Crippen LogP contribution >= 0.6 is 50.1 Å². The zero-order chi connectivity index (χ0) is 7.72. The van der Waals surface area contributed by atoms with E-state index in [2.05, 4.69) is 15.9 Å². The van der Waals surface area contributed by atoms with Crippen LogP contribution < -0.4 is 0 Å². The lowest BCUT2D eigenvalue weighted by Gasteiger charge is -1.96. The van der Waals surface area contributed by atoms with Crippen LogP contribution in [0.5, 0.6) is 0 Å². The standard InChI is InChI=1S/C6H2BrClFI/c7-3-1-5(9)6(10)2-4(3)8/h1-2H. The van der Waals surface area contributed by atoms with E-state index in [0.29, 0.717) is 13.1 Å². The van der Waals surface area contributed by atoms with E-state index in [1.54, 1.807) is 6.07 Å². The molecule has 0 aliphatic rings. The molecule has 10 heavy (non-hydrogen) atoms. The minimum atomic E-state index is -0.253. The van der Waals surface area contributed by atoms with Crippen molar-refractivity contribution in [2.24, 2.45) is 0 Å². The van der Waals surface area contributed by atoms with Gasteiger partial charge in [0, 0.05) is 4.47 Å². The van der Waals surface area contributed by atoms with Crippen LogP contribution in [0.2, 0.25) is 5.02 Å². The highest BCUT2D eigenvalue weighted by molar-refractivity contribution is 14.1. The van der Waals surface area contributed by atoms with Crippen LogP contribution in [0.25, 0.3) is 0 Å². The predicted octanol–water partition coefficient (Wildman–Crippen LogP) is 3.85. The largest absolute Gasteiger partial charge is 0.206 e. The molecule has 0 saturated carbocycles. The van der Waals surface area contributed by atoms with Gasteiger partial charge in [0.15, 0.2) is 0 Å². The highest BCUT2D eigenvalue weighted by Gasteiger charge is 2.02. The topological polar surface area (TPSA) is 0 Å². The summed E-state index contributed by atoms with van der Waals surface area (Å²) < 4.78 is 13.8. The Morgan fingerprint density at radius 1 is 1.50 bits per heavy atom. The SMILES string of the molecule is Fc1cc(Br)c(Cl)cc1I. The van der Waals surface area contributed by atoms with Gasteiger partial charge >= 0.3 is 0 Å². The molecule has 0 amide bonds. The zero-order valence-corrected chi connectivity index (χ0v) is 9.17. The van der Waals surface area contributed by atoms with E-state index in [1.165, 1.54) is 6.07 Å². The maximum absolute atomic E-state index is 12.7. The van der Waals surface area contributed by atoms with Crippen molar-refractivity contribution >= 4 is 50.1 Å². The number of hydrogen-bond acceptors (Lipinski definition) is 0. The van der Waals surface area contributed by atoms with Gasteiger partial charge in [0.2, 0.25) is 0 Å². The molecule has 0 aliphatic carbocycles. The van der Waals surface area contributed by atoms with Gasteiger partial charge in [0.25, 0.3) is 0 Å². The second-order valence-corrected chi connectivity index (χ2v) is 4.10. The van der Waals surface area contributed by atoms with Crippen molar-refractivity contribution in [3.05, 3.63) is 31.0 Å². The minimum Gasteiger partial charge on any atom is -0.206 e. The van der Waals surface area contributed by atoms with Crippen LogP contribution in [0.15, 0.2) is 16.6 Å². The number of halogens is 4. The molecule has 0 nitrogen and oxygen atoms in total. The van der Waals surface area contributed by atoms with E-state index in [-0.39, 0.29) is 5.82 Å². The molecule has 0 fully saturated rings. The molecule has 54 valence electrons. The molecule has 1 rings (SSSR count). The lowest BCUT2D eigenvalue weighted by molar-refractivity contribution is 0.619. The van der Waals surface area contributed by atoms with Crippen molar-refractivity contribution in [2.45, 2.75) is 0 Å². The number of hydrogen-bond donors (Lipinski definition) is 0. The fourth-order valence-electron chi connectivity index (χ4n) is 0.498. The van der Waals surface area contributed by atoms with E-state index >= 15 is 0 Å². The maximum atomic E-state index is 12.7. The first-order valence-corrected chi connectivity index (χ1v) is 4.66. The minimum absolute atomic E-state index is 0.253. The summed E-state index contributed by atoms with van der Waals surface area (Å²) in [7, 11) is 0. The van der Waals surface area contributed by atoms with Crippen LogP contribution in [0.3, 0.4) is 0 Å². The highest BCUT2D eigenvalue weighted by atomic mass is 127. The maximum Gasteiger partial charge on any atom is 0.137 e. The Balaban J connectivity index is 3.28. The lowest BCUT2D eigenvalue weighted by Crippen LogP contribution is -1.80. The van der Waals surface area contributed by atoms with Crippen molar-refractivity contribution < 1.29 is 4.39 Å². The molecule has 0 radical (unpaired) electrons. The summed E-state index contributed by atoms with van der Waals surface area (Å²) in [6.45, 7) is 0. The predicted molar refractivity (Wildman–Crippen MR) is 51.8 cm³/mol. The summed E-state index contributed by atoms with van der Waals surface area (Å²) >= 11 is 10.7. The molecule has 0 bridgehead atoms. The van der Waals surface area contributed by atoms with E-state index in [4.69, 9.17) is 11.6 Å². The van der Waals surface area contributed by atoms with Crippen LogP contribution in [0.4, 0.5) is 4.39 Å². The Labute approximate surface area is 85.0 Å². The molecule has 0 saturated heterocycles. The monoisotopic (exact) mass is 334 g/mol. The van der Waals surface area contributed by atoms with Gasteiger partial charge in [-0.15, -0.1) is 0 Å². The summed E-state index contributed by atoms with van der Waals surface area (Å²) in [6.07, 6.45) is 0. The van der Waals surface area contributed by atoms with Crippen LogP contribution in [0, 0.1) is 9.39 Å². The van der Waals surface area contributed by atoms with Gasteiger partial charge in [-0.1, -0.05) is 11.6 Å². The molecule has 0 atom stereocenters. The average molecular weight is 335 g/mol. The van der Waals surface area contributed by atoms with Gasteiger partial charge in [-0.25, -0.2) is 4.39 Å². The average Bonchev–Trinajstić information content (AvgIpc) is 1.84. The molecule has 1 aromatic rings. The Bertz CT molecular complexity index is 214. The molecule has 0 N–H and O–H groups in total. The number of rotatable bonds is 0. The zero-order valence-electron chi connectivity index (χ0n) is 4.67. The molecule has 0 heterocycles. The first kappa shape index (κ1) is 8.74. The fraction of sp³-hybridized carbons (Fsp3) is 0. The van der Waals surface area contributed by atoms with Gasteiger partial charge in [0.05, 0.1) is 8.59 Å². The van der Waals surface area contributed by atoms with Gasteiger partial charge in [-0.2, -0.15) is 0 Å². The summed E-state index contributed by atoms with van der Waals surface area (Å²) in [4.78, 5) is 0. The molecule has 0 spiro atoms.